The molecular weight excluding hydrogens is 236 g/mol. The Bertz CT molecular complexity index is 668. The number of esters is 1. The van der Waals surface area contributed by atoms with E-state index in [1.54, 1.807) is 24.3 Å². The van der Waals surface area contributed by atoms with E-state index in [4.69, 9.17) is 4.42 Å². The number of fused-ring (bicyclic) bond motifs is 1. The van der Waals surface area contributed by atoms with Crippen molar-refractivity contribution in [2.45, 2.75) is 6.92 Å². The Morgan fingerprint density at radius 3 is 2.72 bits per heavy atom. The molecule has 0 aliphatic carbocycles. The Morgan fingerprint density at radius 2 is 2.00 bits per heavy atom. The summed E-state index contributed by atoms with van der Waals surface area (Å²) in [4.78, 5) is 33.8. The molecule has 0 saturated carbocycles. The number of carbonyl (C=O) groups excluding carboxylic acids is 2. The first-order chi connectivity index (χ1) is 8.58. The molecular formula is C13H10O5. The number of rotatable bonds is 3. The van der Waals surface area contributed by atoms with Crippen LogP contribution >= 0.6 is 0 Å². The topological polar surface area (TPSA) is 73.6 Å². The van der Waals surface area contributed by atoms with Crippen molar-refractivity contribution in [3.8, 4) is 0 Å². The van der Waals surface area contributed by atoms with Gasteiger partial charge in [0.05, 0.1) is 0 Å². The number of Topliss-reactive ketones (excluding diaryl/α,β-unsaturated/α-hetero) is 1. The molecule has 0 fully saturated rings. The molecule has 0 radical (unpaired) electrons. The van der Waals surface area contributed by atoms with Gasteiger partial charge < -0.3 is 9.15 Å². The van der Waals surface area contributed by atoms with Gasteiger partial charge in [-0.3, -0.25) is 4.79 Å². The summed E-state index contributed by atoms with van der Waals surface area (Å²) in [6, 6.07) is 8.21. The van der Waals surface area contributed by atoms with Crippen molar-refractivity contribution in [3.63, 3.8) is 0 Å². The van der Waals surface area contributed by atoms with Gasteiger partial charge in [0, 0.05) is 5.39 Å². The van der Waals surface area contributed by atoms with Gasteiger partial charge >= 0.3 is 11.6 Å². The minimum Gasteiger partial charge on any atom is -0.454 e. The van der Waals surface area contributed by atoms with E-state index in [1.807, 2.05) is 0 Å². The van der Waals surface area contributed by atoms with E-state index in [0.717, 1.165) is 0 Å². The summed E-state index contributed by atoms with van der Waals surface area (Å²) in [7, 11) is 0. The molecule has 1 aromatic heterocycles. The van der Waals surface area contributed by atoms with Gasteiger partial charge in [0.1, 0.15) is 17.8 Å². The minimum absolute atomic E-state index is 0.213. The first-order valence-corrected chi connectivity index (χ1v) is 5.27. The van der Waals surface area contributed by atoms with Crippen molar-refractivity contribution in [2.24, 2.45) is 0 Å². The molecule has 18 heavy (non-hydrogen) atoms. The number of carbonyl (C=O) groups is 2. The van der Waals surface area contributed by atoms with Crippen LogP contribution in [0.15, 0.2) is 39.5 Å². The molecule has 0 bridgehead atoms. The van der Waals surface area contributed by atoms with Crippen molar-refractivity contribution in [1.82, 2.24) is 0 Å². The van der Waals surface area contributed by atoms with Gasteiger partial charge in [0.15, 0.2) is 5.78 Å². The summed E-state index contributed by atoms with van der Waals surface area (Å²) in [5, 5.41) is 0.617. The molecule has 1 heterocycles. The fourth-order valence-electron chi connectivity index (χ4n) is 1.45. The van der Waals surface area contributed by atoms with Crippen LogP contribution in [0.1, 0.15) is 17.3 Å². The fourth-order valence-corrected chi connectivity index (χ4v) is 1.45. The van der Waals surface area contributed by atoms with E-state index in [9.17, 15) is 14.4 Å². The van der Waals surface area contributed by atoms with Crippen LogP contribution in [-0.2, 0) is 9.53 Å². The molecule has 1 aromatic carbocycles. The third-order valence-electron chi connectivity index (χ3n) is 2.27. The summed E-state index contributed by atoms with van der Waals surface area (Å²) in [6.45, 7) is 0.932. The maximum Gasteiger partial charge on any atom is 0.351 e. The zero-order valence-corrected chi connectivity index (χ0v) is 9.64. The molecule has 0 aliphatic heterocycles. The van der Waals surface area contributed by atoms with E-state index >= 15 is 0 Å². The molecule has 0 saturated heterocycles. The van der Waals surface area contributed by atoms with Crippen LogP contribution in [-0.4, -0.2) is 18.4 Å². The van der Waals surface area contributed by atoms with Crippen LogP contribution in [0.25, 0.3) is 11.0 Å². The van der Waals surface area contributed by atoms with Crippen LogP contribution in [0.2, 0.25) is 0 Å². The first kappa shape index (κ1) is 12.0. The maximum atomic E-state index is 11.6. The lowest BCUT2D eigenvalue weighted by Gasteiger charge is -2.02. The zero-order valence-electron chi connectivity index (χ0n) is 9.64. The minimum atomic E-state index is -0.857. The zero-order chi connectivity index (χ0) is 13.1. The average molecular weight is 246 g/mol. The molecule has 5 nitrogen and oxygen atoms in total. The molecule has 0 N–H and O–H groups in total. The second-order valence-corrected chi connectivity index (χ2v) is 3.76. The lowest BCUT2D eigenvalue weighted by Crippen LogP contribution is -2.18. The van der Waals surface area contributed by atoms with E-state index < -0.39 is 11.6 Å². The summed E-state index contributed by atoms with van der Waals surface area (Å²) in [6.07, 6.45) is 0. The highest BCUT2D eigenvalue weighted by Gasteiger charge is 2.15. The van der Waals surface area contributed by atoms with Crippen molar-refractivity contribution < 1.29 is 18.7 Å². The number of ketones is 1. The molecule has 0 atom stereocenters. The van der Waals surface area contributed by atoms with Crippen LogP contribution in [0.3, 0.4) is 0 Å². The van der Waals surface area contributed by atoms with Crippen molar-refractivity contribution in [1.29, 1.82) is 0 Å². The molecule has 0 aliphatic rings. The van der Waals surface area contributed by atoms with Crippen LogP contribution in [0, 0.1) is 0 Å². The van der Waals surface area contributed by atoms with Gasteiger partial charge in [-0.25, -0.2) is 9.59 Å². The van der Waals surface area contributed by atoms with E-state index in [-0.39, 0.29) is 18.0 Å². The Labute approximate surface area is 102 Å². The fraction of sp³-hybridized carbons (Fsp3) is 0.154. The Morgan fingerprint density at radius 1 is 1.28 bits per heavy atom. The standard InChI is InChI=1S/C13H10O5/c1-8(14)7-17-12(15)10-6-9-4-2-3-5-11(9)18-13(10)16/h2-6H,7H2,1H3. The number of para-hydroxylation sites is 1. The first-order valence-electron chi connectivity index (χ1n) is 5.27. The lowest BCUT2D eigenvalue weighted by molar-refractivity contribution is -0.120. The molecule has 2 aromatic rings. The second kappa shape index (κ2) is 4.83. The predicted molar refractivity (Wildman–Crippen MR) is 63.4 cm³/mol. The Balaban J connectivity index is 2.38. The Hall–Kier alpha value is -2.43. The smallest absolute Gasteiger partial charge is 0.351 e. The third-order valence-corrected chi connectivity index (χ3v) is 2.27. The number of ether oxygens (including phenoxy) is 1. The van der Waals surface area contributed by atoms with Gasteiger partial charge in [-0.15, -0.1) is 0 Å². The normalized spacial score (nSPS) is 10.3. The molecule has 5 heteroatoms. The highest BCUT2D eigenvalue weighted by Crippen LogP contribution is 2.12. The van der Waals surface area contributed by atoms with Gasteiger partial charge in [0.2, 0.25) is 0 Å². The van der Waals surface area contributed by atoms with Gasteiger partial charge in [-0.1, -0.05) is 18.2 Å². The molecule has 0 amide bonds. The van der Waals surface area contributed by atoms with Crippen molar-refractivity contribution in [3.05, 3.63) is 46.3 Å². The summed E-state index contributed by atoms with van der Waals surface area (Å²) in [5.41, 5.74) is -0.595. The second-order valence-electron chi connectivity index (χ2n) is 3.76. The van der Waals surface area contributed by atoms with Crippen LogP contribution < -0.4 is 5.63 Å². The highest BCUT2D eigenvalue weighted by molar-refractivity contribution is 5.94. The lowest BCUT2D eigenvalue weighted by atomic mass is 10.2. The maximum absolute atomic E-state index is 11.6. The number of benzene rings is 1. The van der Waals surface area contributed by atoms with E-state index in [1.165, 1.54) is 13.0 Å². The molecule has 0 unspecified atom stereocenters. The summed E-state index contributed by atoms with van der Waals surface area (Å²) < 4.78 is 9.65. The number of hydrogen-bond acceptors (Lipinski definition) is 5. The summed E-state index contributed by atoms with van der Waals surface area (Å²) >= 11 is 0. The van der Waals surface area contributed by atoms with Crippen molar-refractivity contribution >= 4 is 22.7 Å². The van der Waals surface area contributed by atoms with Gasteiger partial charge in [-0.05, 0) is 19.1 Å². The highest BCUT2D eigenvalue weighted by atomic mass is 16.5. The molecule has 0 spiro atoms. The largest absolute Gasteiger partial charge is 0.454 e. The SMILES string of the molecule is CC(=O)COC(=O)c1cc2ccccc2oc1=O. The molecule has 92 valence electrons. The van der Waals surface area contributed by atoms with E-state index in [0.29, 0.717) is 11.0 Å². The Kier molecular flexibility index (Phi) is 3.23. The quantitative estimate of drug-likeness (QED) is 0.606. The monoisotopic (exact) mass is 246 g/mol. The third kappa shape index (κ3) is 2.45. The predicted octanol–water partition coefficient (Wildman–Crippen LogP) is 1.54. The van der Waals surface area contributed by atoms with Gasteiger partial charge in [0.25, 0.3) is 0 Å². The van der Waals surface area contributed by atoms with Gasteiger partial charge in [-0.2, -0.15) is 0 Å². The van der Waals surface area contributed by atoms with Crippen molar-refractivity contribution in [2.75, 3.05) is 6.61 Å². The summed E-state index contributed by atoms with van der Waals surface area (Å²) in [5.74, 6) is -1.15. The van der Waals surface area contributed by atoms with Crippen LogP contribution in [0.5, 0.6) is 0 Å². The van der Waals surface area contributed by atoms with E-state index in [2.05, 4.69) is 4.74 Å². The molecule has 2 rings (SSSR count). The average Bonchev–Trinajstić information content (AvgIpc) is 2.35. The van der Waals surface area contributed by atoms with Crippen LogP contribution in [0.4, 0.5) is 0 Å². The number of hydrogen-bond donors (Lipinski definition) is 0.